The van der Waals surface area contributed by atoms with E-state index in [0.29, 0.717) is 58.1 Å². The number of rotatable bonds is 49. The maximum Gasteiger partial charge on any atom is 0.161 e. The third-order valence-electron chi connectivity index (χ3n) is 10.7. The van der Waals surface area contributed by atoms with Crippen LogP contribution in [0.2, 0.25) is 0 Å². The zero-order valence-corrected chi connectivity index (χ0v) is 56.1. The average molecular weight is 1230 g/mol. The predicted molar refractivity (Wildman–Crippen MR) is 371 cm³/mol. The van der Waals surface area contributed by atoms with Crippen LogP contribution in [-0.2, 0) is 47.6 Å². The van der Waals surface area contributed by atoms with Gasteiger partial charge in [0.15, 0.2) is 23.1 Å². The molecular formula is C73H128O14. The second-order valence-electron chi connectivity index (χ2n) is 19.2. The maximum absolute atomic E-state index is 11.4. The standard InChI is InChI=1S/C13H20O3.C12H22O3.C11H16O3.C9H16O3.C7H14O.C7H12.C6H12O.2C4H8/c1-9(2)5-6-12(15)13(16)8-7-11(14)10(3)4;1-4-7-14-10-12(6-3,9-13)11-15-8-5-2;1-3-5-6-10(13)11(14)8-7-9(12)4-2;1-3-5-11-7-9(10)8-12-6-4-2;1-3-5-6-7-8-4-2;1-3-5-7-6-4-2;1-3-5-6-7-4-2;2*1-3-4-2/h13,16H,1,3,5-8H2,2,4H3;4-5,13H,1-2,6-11H2,3H3;3-4,11,14H,1-2,5-8H2;3-4,9-10H,1-2,5-8H2;4H,2-3,5-7H2,1H3;3-4H,1-2,5-7H2;4H,2-3,5-6H2,1H3;2*3H,1,4H2,2H3. The fraction of sp³-hybridized carbons (Fsp3) is 0.562. The number of aliphatic hydroxyl groups is 4. The molecule has 0 radical (unpaired) electrons. The molecule has 0 fully saturated rings. The van der Waals surface area contributed by atoms with Gasteiger partial charge in [-0.25, -0.2) is 0 Å². The van der Waals surface area contributed by atoms with Gasteiger partial charge in [0.1, 0.15) is 18.3 Å². The highest BCUT2D eigenvalue weighted by Crippen LogP contribution is 2.22. The van der Waals surface area contributed by atoms with Crippen LogP contribution in [0.15, 0.2) is 177 Å². The zero-order chi connectivity index (χ0) is 68.6. The van der Waals surface area contributed by atoms with Gasteiger partial charge in [0.05, 0.1) is 85.2 Å². The van der Waals surface area contributed by atoms with E-state index in [4.69, 9.17) is 28.4 Å². The monoisotopic (exact) mass is 1230 g/mol. The lowest BCUT2D eigenvalue weighted by atomic mass is 9.88. The minimum Gasteiger partial charge on any atom is -0.502 e. The summed E-state index contributed by atoms with van der Waals surface area (Å²) in [4.78, 5) is 44.6. The van der Waals surface area contributed by atoms with Crippen molar-refractivity contribution < 1.29 is 68.0 Å². The van der Waals surface area contributed by atoms with Crippen molar-refractivity contribution in [3.63, 3.8) is 0 Å². The van der Waals surface area contributed by atoms with Crippen LogP contribution >= 0.6 is 0 Å². The summed E-state index contributed by atoms with van der Waals surface area (Å²) in [5.41, 5.74) is 1.08. The molecule has 0 rings (SSSR count). The SMILES string of the molecule is C=C(C)CCC(=O)C(O)CCC(=O)C(=C)C.C=CCC.C=CCC.C=CCCC(=O)C(O)CCC(=O)C=C.C=CCCCC=C.C=CCOCC(CC)(CO)COCC=C.C=CCOCC(O)COCC=C.C=COCCCC.C=COCCCCC. The van der Waals surface area contributed by atoms with Crippen molar-refractivity contribution in [2.24, 2.45) is 5.41 Å². The summed E-state index contributed by atoms with van der Waals surface area (Å²) in [5, 5.41) is 37.4. The number of hydrogen-bond donors (Lipinski definition) is 4. The van der Waals surface area contributed by atoms with Crippen molar-refractivity contribution in [1.29, 1.82) is 0 Å². The van der Waals surface area contributed by atoms with Crippen LogP contribution in [0.4, 0.5) is 0 Å². The van der Waals surface area contributed by atoms with Crippen LogP contribution in [0.3, 0.4) is 0 Å². The Morgan fingerprint density at radius 1 is 0.483 bits per heavy atom. The number of ether oxygens (including phenoxy) is 6. The molecule has 504 valence electrons. The Kier molecular flexibility index (Phi) is 103. The Labute approximate surface area is 532 Å². The quantitative estimate of drug-likeness (QED) is 0.0194. The first kappa shape index (κ1) is 100. The van der Waals surface area contributed by atoms with Gasteiger partial charge in [-0.2, -0.15) is 0 Å². The number of ketones is 4. The molecule has 0 saturated heterocycles. The highest BCUT2D eigenvalue weighted by molar-refractivity contribution is 5.94. The molecule has 0 aromatic carbocycles. The van der Waals surface area contributed by atoms with Crippen molar-refractivity contribution in [3.05, 3.63) is 177 Å². The lowest BCUT2D eigenvalue weighted by Gasteiger charge is -2.29. The first-order valence-corrected chi connectivity index (χ1v) is 30.5. The van der Waals surface area contributed by atoms with E-state index in [1.807, 2.05) is 38.2 Å². The number of carbonyl (C=O) groups is 4. The molecule has 0 aromatic heterocycles. The van der Waals surface area contributed by atoms with Crippen molar-refractivity contribution in [2.75, 3.05) is 72.7 Å². The van der Waals surface area contributed by atoms with Crippen molar-refractivity contribution in [2.45, 2.75) is 189 Å². The van der Waals surface area contributed by atoms with Gasteiger partial charge in [0.25, 0.3) is 0 Å². The van der Waals surface area contributed by atoms with Crippen LogP contribution in [0.1, 0.15) is 170 Å². The Bertz CT molecular complexity index is 1660. The summed E-state index contributed by atoms with van der Waals surface area (Å²) in [5.74, 6) is -0.716. The van der Waals surface area contributed by atoms with Crippen molar-refractivity contribution in [1.82, 2.24) is 0 Å². The number of Topliss-reactive ketones (excluding diaryl/α,β-unsaturated/α-hetero) is 3. The molecular weight excluding hydrogens is 1100 g/mol. The van der Waals surface area contributed by atoms with Gasteiger partial charge in [-0.05, 0) is 103 Å². The van der Waals surface area contributed by atoms with Crippen LogP contribution < -0.4 is 0 Å². The molecule has 87 heavy (non-hydrogen) atoms. The highest BCUT2D eigenvalue weighted by Gasteiger charge is 2.28. The fourth-order valence-corrected chi connectivity index (χ4v) is 5.12. The van der Waals surface area contributed by atoms with E-state index in [-0.39, 0.29) is 86.9 Å². The Morgan fingerprint density at radius 3 is 1.22 bits per heavy atom. The molecule has 0 saturated carbocycles. The molecule has 0 aliphatic carbocycles. The topological polar surface area (TPSA) is 205 Å². The lowest BCUT2D eigenvalue weighted by molar-refractivity contribution is -0.128. The van der Waals surface area contributed by atoms with Gasteiger partial charge in [0, 0.05) is 31.1 Å². The number of carbonyl (C=O) groups excluding carboxylic acids is 4. The van der Waals surface area contributed by atoms with Gasteiger partial charge < -0.3 is 48.8 Å². The molecule has 0 heterocycles. The summed E-state index contributed by atoms with van der Waals surface area (Å²) >= 11 is 0. The van der Waals surface area contributed by atoms with Crippen molar-refractivity contribution >= 4 is 23.1 Å². The van der Waals surface area contributed by atoms with Crippen LogP contribution in [-0.4, -0.2) is 135 Å². The summed E-state index contributed by atoms with van der Waals surface area (Å²) in [6, 6.07) is 0. The Balaban J connectivity index is -0.000000116. The van der Waals surface area contributed by atoms with Gasteiger partial charge in [-0.3, -0.25) is 19.2 Å². The molecule has 0 spiro atoms. The molecule has 2 unspecified atom stereocenters. The molecule has 0 bridgehead atoms. The van der Waals surface area contributed by atoms with Crippen molar-refractivity contribution in [3.8, 4) is 0 Å². The molecule has 4 N–H and O–H groups in total. The number of hydrogen-bond acceptors (Lipinski definition) is 14. The fourth-order valence-electron chi connectivity index (χ4n) is 5.12. The largest absolute Gasteiger partial charge is 0.502 e. The molecule has 0 aromatic rings. The highest BCUT2D eigenvalue weighted by atomic mass is 16.5. The summed E-state index contributed by atoms with van der Waals surface area (Å²) < 4.78 is 30.5. The first-order valence-electron chi connectivity index (χ1n) is 30.5. The minimum absolute atomic E-state index is 0.0672. The van der Waals surface area contributed by atoms with E-state index < -0.39 is 18.3 Å². The Hall–Kier alpha value is -5.68. The van der Waals surface area contributed by atoms with E-state index in [1.54, 1.807) is 37.3 Å². The van der Waals surface area contributed by atoms with E-state index in [9.17, 15) is 39.6 Å². The van der Waals surface area contributed by atoms with E-state index in [1.165, 1.54) is 44.3 Å². The lowest BCUT2D eigenvalue weighted by Crippen LogP contribution is -2.35. The molecule has 14 nitrogen and oxygen atoms in total. The number of aliphatic hydroxyl groups excluding tert-OH is 4. The van der Waals surface area contributed by atoms with Gasteiger partial charge in [-0.15, -0.1) is 65.8 Å². The van der Waals surface area contributed by atoms with Crippen LogP contribution in [0.25, 0.3) is 0 Å². The maximum atomic E-state index is 11.4. The zero-order valence-electron chi connectivity index (χ0n) is 56.1. The van der Waals surface area contributed by atoms with E-state index in [2.05, 4.69) is 120 Å². The average Bonchev–Trinajstić information content (AvgIpc) is 3.74. The predicted octanol–water partition coefficient (Wildman–Crippen LogP) is 16.1. The van der Waals surface area contributed by atoms with Gasteiger partial charge in [0.2, 0.25) is 0 Å². The normalized spacial score (nSPS) is 10.1. The van der Waals surface area contributed by atoms with E-state index in [0.717, 1.165) is 63.7 Å². The van der Waals surface area contributed by atoms with Gasteiger partial charge >= 0.3 is 0 Å². The molecule has 0 amide bonds. The third-order valence-corrected chi connectivity index (χ3v) is 10.7. The summed E-state index contributed by atoms with van der Waals surface area (Å²) in [6.07, 6.45) is 32.3. The second-order valence-corrected chi connectivity index (χ2v) is 19.2. The summed E-state index contributed by atoms with van der Waals surface area (Å²) in [7, 11) is 0. The van der Waals surface area contributed by atoms with Gasteiger partial charge in [-0.1, -0.05) is 140 Å². The number of allylic oxidation sites excluding steroid dienone is 8. The molecule has 0 aliphatic heterocycles. The van der Waals surface area contributed by atoms with Crippen LogP contribution in [0, 0.1) is 5.41 Å². The first-order chi connectivity index (χ1) is 41.6. The van der Waals surface area contributed by atoms with Crippen LogP contribution in [0.5, 0.6) is 0 Å². The number of unbranched alkanes of at least 4 members (excludes halogenated alkanes) is 5. The third kappa shape index (κ3) is 99.6. The summed E-state index contributed by atoms with van der Waals surface area (Å²) in [6.45, 7) is 68.2. The molecule has 2 atom stereocenters. The molecule has 14 heteroatoms. The minimum atomic E-state index is -1.04. The second kappa shape index (κ2) is 89.1. The van der Waals surface area contributed by atoms with E-state index >= 15 is 0 Å². The Morgan fingerprint density at radius 2 is 0.885 bits per heavy atom. The molecule has 0 aliphatic rings. The smallest absolute Gasteiger partial charge is 0.161 e.